The minimum atomic E-state index is 0. The molecular formula is C17H19ClN2O. The minimum absolute atomic E-state index is 0. The molecule has 4 rings (SSSR count). The number of carbonyl (C=O) groups excluding carboxylic acids is 1. The van der Waals surface area contributed by atoms with Gasteiger partial charge in [-0.25, -0.2) is 0 Å². The molecule has 3 nitrogen and oxygen atoms in total. The van der Waals surface area contributed by atoms with Gasteiger partial charge in [0.1, 0.15) is 0 Å². The Morgan fingerprint density at radius 1 is 1.14 bits per heavy atom. The van der Waals surface area contributed by atoms with Crippen molar-refractivity contribution < 1.29 is 4.79 Å². The predicted molar refractivity (Wildman–Crippen MR) is 88.2 cm³/mol. The number of anilines is 1. The van der Waals surface area contributed by atoms with Crippen LogP contribution < -0.4 is 10.6 Å². The Kier molecular flexibility index (Phi) is 3.87. The zero-order valence-corrected chi connectivity index (χ0v) is 12.6. The van der Waals surface area contributed by atoms with Crippen molar-refractivity contribution in [2.75, 3.05) is 18.4 Å². The maximum atomic E-state index is 12.3. The Morgan fingerprint density at radius 3 is 2.71 bits per heavy atom. The number of nitrogens with one attached hydrogen (secondary N) is 2. The summed E-state index contributed by atoms with van der Waals surface area (Å²) >= 11 is 0. The molecule has 1 aliphatic carbocycles. The number of aryl methyl sites for hydroxylation is 2. The summed E-state index contributed by atoms with van der Waals surface area (Å²) in [6.45, 7) is 1.75. The lowest BCUT2D eigenvalue weighted by atomic mass is 10.0. The lowest BCUT2D eigenvalue weighted by Gasteiger charge is -2.13. The van der Waals surface area contributed by atoms with Gasteiger partial charge in [0.2, 0.25) is 5.91 Å². The molecule has 4 heteroatoms. The average Bonchev–Trinajstić information content (AvgIpc) is 3.12. The molecule has 1 aliphatic heterocycles. The molecule has 2 aromatic rings. The van der Waals surface area contributed by atoms with Gasteiger partial charge in [-0.1, -0.05) is 24.3 Å². The highest BCUT2D eigenvalue weighted by molar-refractivity contribution is 6.05. The fourth-order valence-electron chi connectivity index (χ4n) is 3.47. The first kappa shape index (κ1) is 14.4. The fourth-order valence-corrected chi connectivity index (χ4v) is 3.47. The number of benzene rings is 2. The van der Waals surface area contributed by atoms with E-state index in [0.717, 1.165) is 38.0 Å². The van der Waals surface area contributed by atoms with Crippen molar-refractivity contribution in [1.29, 1.82) is 0 Å². The number of halogens is 1. The zero-order chi connectivity index (χ0) is 13.5. The van der Waals surface area contributed by atoms with E-state index in [1.807, 2.05) is 0 Å². The van der Waals surface area contributed by atoms with Crippen LogP contribution in [0.15, 0.2) is 30.3 Å². The largest absolute Gasteiger partial charge is 0.325 e. The van der Waals surface area contributed by atoms with Gasteiger partial charge >= 0.3 is 0 Å². The van der Waals surface area contributed by atoms with Crippen LogP contribution in [0.1, 0.15) is 17.5 Å². The monoisotopic (exact) mass is 302 g/mol. The number of rotatable bonds is 2. The minimum Gasteiger partial charge on any atom is -0.325 e. The van der Waals surface area contributed by atoms with Crippen molar-refractivity contribution >= 4 is 34.8 Å². The molecule has 1 saturated heterocycles. The van der Waals surface area contributed by atoms with Gasteiger partial charge in [-0.2, -0.15) is 0 Å². The molecule has 2 aromatic carbocycles. The second kappa shape index (κ2) is 5.66. The van der Waals surface area contributed by atoms with Crippen molar-refractivity contribution in [1.82, 2.24) is 5.32 Å². The second-order valence-corrected chi connectivity index (χ2v) is 5.79. The molecule has 0 saturated carbocycles. The summed E-state index contributed by atoms with van der Waals surface area (Å²) in [5.41, 5.74) is 3.79. The van der Waals surface area contributed by atoms with Crippen LogP contribution >= 0.6 is 12.4 Å². The summed E-state index contributed by atoms with van der Waals surface area (Å²) < 4.78 is 0. The molecule has 0 aromatic heterocycles. The van der Waals surface area contributed by atoms with Crippen LogP contribution in [-0.4, -0.2) is 19.0 Å². The highest BCUT2D eigenvalue weighted by atomic mass is 35.5. The number of amides is 1. The second-order valence-electron chi connectivity index (χ2n) is 5.79. The summed E-state index contributed by atoms with van der Waals surface area (Å²) in [6, 6.07) is 10.6. The van der Waals surface area contributed by atoms with E-state index in [1.54, 1.807) is 0 Å². The van der Waals surface area contributed by atoms with Gasteiger partial charge < -0.3 is 10.6 Å². The molecule has 1 heterocycles. The highest BCUT2D eigenvalue weighted by Crippen LogP contribution is 2.35. The zero-order valence-electron chi connectivity index (χ0n) is 11.8. The summed E-state index contributed by atoms with van der Waals surface area (Å²) in [6.07, 6.45) is 3.18. The molecule has 0 spiro atoms. The maximum Gasteiger partial charge on any atom is 0.228 e. The Balaban J connectivity index is 0.00000132. The van der Waals surface area contributed by atoms with Gasteiger partial charge in [-0.15, -0.1) is 12.4 Å². The van der Waals surface area contributed by atoms with Crippen LogP contribution in [0.3, 0.4) is 0 Å². The molecule has 21 heavy (non-hydrogen) atoms. The third kappa shape index (κ3) is 2.41. The Morgan fingerprint density at radius 2 is 1.95 bits per heavy atom. The number of hydrogen-bond donors (Lipinski definition) is 2. The van der Waals surface area contributed by atoms with Crippen molar-refractivity contribution in [3.63, 3.8) is 0 Å². The molecule has 2 N–H and O–H groups in total. The Bertz CT molecular complexity index is 682. The number of hydrogen-bond acceptors (Lipinski definition) is 2. The highest BCUT2D eigenvalue weighted by Gasteiger charge is 2.23. The molecule has 0 radical (unpaired) electrons. The third-order valence-corrected chi connectivity index (χ3v) is 4.57. The van der Waals surface area contributed by atoms with Gasteiger partial charge in [-0.3, -0.25) is 4.79 Å². The first-order valence-corrected chi connectivity index (χ1v) is 7.38. The van der Waals surface area contributed by atoms with Gasteiger partial charge in [0.15, 0.2) is 0 Å². The van der Waals surface area contributed by atoms with E-state index < -0.39 is 0 Å². The molecular weight excluding hydrogens is 284 g/mol. The molecule has 1 unspecified atom stereocenters. The predicted octanol–water partition coefficient (Wildman–Crippen LogP) is 2.91. The first-order valence-electron chi connectivity index (χ1n) is 7.38. The molecule has 1 atom stereocenters. The van der Waals surface area contributed by atoms with Crippen LogP contribution in [-0.2, 0) is 17.6 Å². The third-order valence-electron chi connectivity index (χ3n) is 4.57. The normalized spacial score (nSPS) is 19.5. The lowest BCUT2D eigenvalue weighted by molar-refractivity contribution is -0.119. The summed E-state index contributed by atoms with van der Waals surface area (Å²) in [5.74, 6) is 0.256. The van der Waals surface area contributed by atoms with Crippen LogP contribution in [0, 0.1) is 5.92 Å². The van der Waals surface area contributed by atoms with E-state index in [1.165, 1.54) is 21.9 Å². The van der Waals surface area contributed by atoms with Crippen molar-refractivity contribution in [2.24, 2.45) is 5.92 Å². The molecule has 110 valence electrons. The van der Waals surface area contributed by atoms with Crippen molar-refractivity contribution in [3.05, 3.63) is 41.5 Å². The Labute approximate surface area is 130 Å². The standard InChI is InChI=1S/C17H18N2O.ClH/c20-17(13-8-9-18-10-13)19-15-7-6-12-5-4-11-2-1-3-14(15)16(11)12;/h1-3,6-7,13,18H,4-5,8-10H2,(H,19,20);1H. The molecule has 1 fully saturated rings. The topological polar surface area (TPSA) is 41.1 Å². The SMILES string of the molecule is Cl.O=C(Nc1ccc2c3c(cccc13)CC2)C1CCNC1. The molecule has 2 aliphatic rings. The van der Waals surface area contributed by atoms with Crippen LogP contribution in [0.5, 0.6) is 0 Å². The van der Waals surface area contributed by atoms with E-state index in [9.17, 15) is 4.79 Å². The van der Waals surface area contributed by atoms with E-state index in [4.69, 9.17) is 0 Å². The van der Waals surface area contributed by atoms with Gasteiger partial charge in [-0.05, 0) is 48.4 Å². The van der Waals surface area contributed by atoms with Crippen LogP contribution in [0.2, 0.25) is 0 Å². The summed E-state index contributed by atoms with van der Waals surface area (Å²) in [7, 11) is 0. The summed E-state index contributed by atoms with van der Waals surface area (Å²) in [5, 5.41) is 8.92. The lowest BCUT2D eigenvalue weighted by Crippen LogP contribution is -2.24. The average molecular weight is 303 g/mol. The smallest absolute Gasteiger partial charge is 0.228 e. The van der Waals surface area contributed by atoms with Gasteiger partial charge in [0.05, 0.1) is 5.92 Å². The van der Waals surface area contributed by atoms with E-state index in [-0.39, 0.29) is 24.2 Å². The van der Waals surface area contributed by atoms with E-state index >= 15 is 0 Å². The Hall–Kier alpha value is -1.58. The van der Waals surface area contributed by atoms with Crippen molar-refractivity contribution in [3.8, 4) is 0 Å². The van der Waals surface area contributed by atoms with Crippen LogP contribution in [0.25, 0.3) is 10.8 Å². The van der Waals surface area contributed by atoms with Gasteiger partial charge in [0.25, 0.3) is 0 Å². The van der Waals surface area contributed by atoms with Gasteiger partial charge in [0, 0.05) is 17.6 Å². The maximum absolute atomic E-state index is 12.3. The first-order chi connectivity index (χ1) is 9.83. The molecule has 1 amide bonds. The molecule has 0 bridgehead atoms. The number of carbonyl (C=O) groups is 1. The van der Waals surface area contributed by atoms with E-state index in [0.29, 0.717) is 0 Å². The fraction of sp³-hybridized carbons (Fsp3) is 0.353. The van der Waals surface area contributed by atoms with Crippen molar-refractivity contribution in [2.45, 2.75) is 19.3 Å². The van der Waals surface area contributed by atoms with Crippen LogP contribution in [0.4, 0.5) is 5.69 Å². The quantitative estimate of drug-likeness (QED) is 0.895. The summed E-state index contributed by atoms with van der Waals surface area (Å²) in [4.78, 5) is 12.3. The van der Waals surface area contributed by atoms with E-state index in [2.05, 4.69) is 41.0 Å².